The highest BCUT2D eigenvalue weighted by Crippen LogP contribution is 2.27. The van der Waals surface area contributed by atoms with E-state index in [4.69, 9.17) is 10.00 Å². The molecule has 146 valence electrons. The normalized spacial score (nSPS) is 17.3. The van der Waals surface area contributed by atoms with E-state index in [0.29, 0.717) is 12.8 Å². The fraction of sp³-hybridized carbons (Fsp3) is 0.500. The average molecular weight is 393 g/mol. The van der Waals surface area contributed by atoms with Crippen molar-refractivity contribution in [3.8, 4) is 6.07 Å². The largest absolute Gasteiger partial charge is 0.454 e. The number of amides is 1. The Morgan fingerprint density at radius 3 is 2.63 bits per heavy atom. The molecule has 9 heteroatoms. The smallest absolute Gasteiger partial charge is 0.324 e. The second-order valence-corrected chi connectivity index (χ2v) is 8.31. The molecule has 2 rings (SSSR count). The second kappa shape index (κ2) is 8.97. The molecule has 0 radical (unpaired) electrons. The van der Waals surface area contributed by atoms with Gasteiger partial charge in [0.05, 0.1) is 17.4 Å². The average Bonchev–Trinajstić information content (AvgIpc) is 3.15. The van der Waals surface area contributed by atoms with Gasteiger partial charge in [0.15, 0.2) is 6.61 Å². The molecular weight excluding hydrogens is 370 g/mol. The Balaban J connectivity index is 2.03. The first-order valence-electron chi connectivity index (χ1n) is 8.63. The molecule has 1 atom stereocenters. The Morgan fingerprint density at radius 1 is 1.33 bits per heavy atom. The summed E-state index contributed by atoms with van der Waals surface area (Å²) in [7, 11) is -2.30. The monoisotopic (exact) mass is 393 g/mol. The molecule has 1 heterocycles. The number of hydrogen-bond donors (Lipinski definition) is 0. The van der Waals surface area contributed by atoms with E-state index in [-0.39, 0.29) is 24.4 Å². The zero-order valence-electron chi connectivity index (χ0n) is 15.4. The van der Waals surface area contributed by atoms with Crippen molar-refractivity contribution in [1.29, 1.82) is 5.26 Å². The third-order valence-electron chi connectivity index (χ3n) is 4.43. The van der Waals surface area contributed by atoms with Crippen LogP contribution in [0, 0.1) is 18.3 Å². The quantitative estimate of drug-likeness (QED) is 0.641. The van der Waals surface area contributed by atoms with Gasteiger partial charge in [-0.2, -0.15) is 9.57 Å². The predicted octanol–water partition coefficient (Wildman–Crippen LogP) is 1.06. The first-order valence-corrected chi connectivity index (χ1v) is 10.1. The Kier molecular flexibility index (Phi) is 6.93. The maximum absolute atomic E-state index is 12.8. The zero-order chi connectivity index (χ0) is 20.0. The first-order chi connectivity index (χ1) is 12.8. The number of sulfonamides is 1. The lowest BCUT2D eigenvalue weighted by molar-refractivity contribution is -0.154. The van der Waals surface area contributed by atoms with Crippen LogP contribution in [0.1, 0.15) is 24.8 Å². The molecule has 1 aliphatic heterocycles. The number of benzene rings is 1. The minimum atomic E-state index is -3.82. The van der Waals surface area contributed by atoms with Gasteiger partial charge in [-0.25, -0.2) is 8.42 Å². The van der Waals surface area contributed by atoms with Gasteiger partial charge in [0.25, 0.3) is 5.91 Å². The maximum atomic E-state index is 12.8. The summed E-state index contributed by atoms with van der Waals surface area (Å²) in [4.78, 5) is 25.7. The summed E-state index contributed by atoms with van der Waals surface area (Å²) >= 11 is 0. The molecular formula is C18H23N3O5S. The van der Waals surface area contributed by atoms with Crippen LogP contribution in [-0.2, 0) is 24.3 Å². The minimum absolute atomic E-state index is 0.125. The molecule has 8 nitrogen and oxygen atoms in total. The molecule has 0 bridgehead atoms. The standard InChI is InChI=1S/C18H23N3O5S/c1-14-6-8-15(9-7-14)27(24,25)21-12-3-5-16(21)18(23)26-13-17(22)20(2)11-4-10-19/h6-9,16H,3-5,11-13H2,1-2H3. The molecule has 0 aromatic heterocycles. The predicted molar refractivity (Wildman–Crippen MR) is 96.9 cm³/mol. The van der Waals surface area contributed by atoms with E-state index >= 15 is 0 Å². The van der Waals surface area contributed by atoms with Crippen LogP contribution in [0.3, 0.4) is 0 Å². The van der Waals surface area contributed by atoms with Crippen LogP contribution in [-0.4, -0.2) is 62.3 Å². The Hall–Kier alpha value is -2.44. The van der Waals surface area contributed by atoms with Crippen molar-refractivity contribution in [3.05, 3.63) is 29.8 Å². The Bertz CT molecular complexity index is 830. The molecule has 0 aliphatic carbocycles. The molecule has 1 unspecified atom stereocenters. The van der Waals surface area contributed by atoms with Crippen molar-refractivity contribution in [2.75, 3.05) is 26.7 Å². The highest BCUT2D eigenvalue weighted by Gasteiger charge is 2.40. The van der Waals surface area contributed by atoms with Crippen molar-refractivity contribution in [2.24, 2.45) is 0 Å². The number of carbonyl (C=O) groups excluding carboxylic acids is 2. The van der Waals surface area contributed by atoms with E-state index in [1.165, 1.54) is 24.1 Å². The molecule has 1 aliphatic rings. The molecule has 1 aromatic carbocycles. The van der Waals surface area contributed by atoms with Crippen molar-refractivity contribution >= 4 is 21.9 Å². The number of esters is 1. The van der Waals surface area contributed by atoms with E-state index in [2.05, 4.69) is 0 Å². The van der Waals surface area contributed by atoms with E-state index in [1.807, 2.05) is 13.0 Å². The number of nitrogens with zero attached hydrogens (tertiary/aromatic N) is 3. The highest BCUT2D eigenvalue weighted by molar-refractivity contribution is 7.89. The zero-order valence-corrected chi connectivity index (χ0v) is 16.2. The third-order valence-corrected chi connectivity index (χ3v) is 6.35. The van der Waals surface area contributed by atoms with Crippen LogP contribution in [0.15, 0.2) is 29.2 Å². The van der Waals surface area contributed by atoms with Crippen LogP contribution in [0.2, 0.25) is 0 Å². The molecule has 1 fully saturated rings. The van der Waals surface area contributed by atoms with Crippen molar-refractivity contribution < 1.29 is 22.7 Å². The molecule has 27 heavy (non-hydrogen) atoms. The summed E-state index contributed by atoms with van der Waals surface area (Å²) in [6.45, 7) is 1.85. The van der Waals surface area contributed by atoms with Gasteiger partial charge >= 0.3 is 5.97 Å². The van der Waals surface area contributed by atoms with Crippen molar-refractivity contribution in [1.82, 2.24) is 9.21 Å². The van der Waals surface area contributed by atoms with Crippen LogP contribution in [0.4, 0.5) is 0 Å². The van der Waals surface area contributed by atoms with Crippen LogP contribution >= 0.6 is 0 Å². The number of rotatable bonds is 7. The van der Waals surface area contributed by atoms with Gasteiger partial charge < -0.3 is 9.64 Å². The maximum Gasteiger partial charge on any atom is 0.324 e. The molecule has 1 amide bonds. The molecule has 0 spiro atoms. The lowest BCUT2D eigenvalue weighted by Crippen LogP contribution is -2.42. The van der Waals surface area contributed by atoms with E-state index in [1.54, 1.807) is 12.1 Å². The third kappa shape index (κ3) is 5.05. The topological polar surface area (TPSA) is 108 Å². The van der Waals surface area contributed by atoms with Gasteiger partial charge in [-0.05, 0) is 31.9 Å². The number of carbonyl (C=O) groups is 2. The van der Waals surface area contributed by atoms with Gasteiger partial charge in [0.1, 0.15) is 6.04 Å². The van der Waals surface area contributed by atoms with Gasteiger partial charge in [-0.15, -0.1) is 0 Å². The summed E-state index contributed by atoms with van der Waals surface area (Å²) in [5.41, 5.74) is 0.936. The number of nitriles is 1. The summed E-state index contributed by atoms with van der Waals surface area (Å²) in [6, 6.07) is 7.42. The Labute approximate surface area is 159 Å². The molecule has 0 N–H and O–H groups in total. The van der Waals surface area contributed by atoms with E-state index in [9.17, 15) is 18.0 Å². The van der Waals surface area contributed by atoms with Gasteiger partial charge in [-0.1, -0.05) is 17.7 Å². The van der Waals surface area contributed by atoms with Crippen LogP contribution in [0.25, 0.3) is 0 Å². The Morgan fingerprint density at radius 2 is 2.00 bits per heavy atom. The number of likely N-dealkylation sites (N-methyl/N-ethyl adjacent to an activating group) is 1. The summed E-state index contributed by atoms with van der Waals surface area (Å²) < 4.78 is 31.9. The number of ether oxygens (including phenoxy) is 1. The minimum Gasteiger partial charge on any atom is -0.454 e. The number of hydrogen-bond acceptors (Lipinski definition) is 6. The summed E-state index contributed by atoms with van der Waals surface area (Å²) in [5, 5.41) is 8.54. The SMILES string of the molecule is Cc1ccc(S(=O)(=O)N2CCCC2C(=O)OCC(=O)N(C)CCC#N)cc1. The molecule has 1 aromatic rings. The molecule has 1 saturated heterocycles. The van der Waals surface area contributed by atoms with E-state index < -0.39 is 34.5 Å². The lowest BCUT2D eigenvalue weighted by Gasteiger charge is -2.23. The van der Waals surface area contributed by atoms with Gasteiger partial charge in [0.2, 0.25) is 10.0 Å². The summed E-state index contributed by atoms with van der Waals surface area (Å²) in [6.07, 6.45) is 1.07. The van der Waals surface area contributed by atoms with Crippen molar-refractivity contribution in [3.63, 3.8) is 0 Å². The highest BCUT2D eigenvalue weighted by atomic mass is 32.2. The van der Waals surface area contributed by atoms with Crippen molar-refractivity contribution in [2.45, 2.75) is 37.1 Å². The van der Waals surface area contributed by atoms with E-state index in [0.717, 1.165) is 9.87 Å². The first kappa shape index (κ1) is 20.9. The summed E-state index contributed by atoms with van der Waals surface area (Å²) in [5.74, 6) is -1.17. The fourth-order valence-electron chi connectivity index (χ4n) is 2.79. The van der Waals surface area contributed by atoms with Gasteiger partial charge in [-0.3, -0.25) is 9.59 Å². The van der Waals surface area contributed by atoms with Crippen LogP contribution < -0.4 is 0 Å². The number of aryl methyl sites for hydroxylation is 1. The molecule has 0 saturated carbocycles. The second-order valence-electron chi connectivity index (χ2n) is 6.42. The van der Waals surface area contributed by atoms with Crippen LogP contribution in [0.5, 0.6) is 0 Å². The van der Waals surface area contributed by atoms with Gasteiger partial charge in [0, 0.05) is 20.1 Å². The fourth-order valence-corrected chi connectivity index (χ4v) is 4.44. The lowest BCUT2D eigenvalue weighted by atomic mass is 10.2.